The number of benzene rings is 2. The van der Waals surface area contributed by atoms with Gasteiger partial charge in [0.15, 0.2) is 0 Å². The van der Waals surface area contributed by atoms with Crippen molar-refractivity contribution in [3.63, 3.8) is 0 Å². The number of hydrogen-bond donors (Lipinski definition) is 0. The average molecular weight is 557 g/mol. The van der Waals surface area contributed by atoms with Crippen molar-refractivity contribution in [1.82, 2.24) is 14.7 Å². The first-order chi connectivity index (χ1) is 17.0. The molecule has 2 aromatic carbocycles. The van der Waals surface area contributed by atoms with Crippen LogP contribution in [0.4, 0.5) is 4.39 Å². The normalized spacial score (nSPS) is 18.4. The molecule has 8 heteroatoms. The first kappa shape index (κ1) is 24.2. The second kappa shape index (κ2) is 10.6. The molecule has 0 bridgehead atoms. The Balaban J connectivity index is 1.20. The van der Waals surface area contributed by atoms with Gasteiger partial charge in [0, 0.05) is 60.6 Å². The van der Waals surface area contributed by atoms with Crippen LogP contribution in [0.1, 0.15) is 38.8 Å². The van der Waals surface area contributed by atoms with E-state index in [4.69, 9.17) is 0 Å². The monoisotopic (exact) mass is 555 g/mol. The van der Waals surface area contributed by atoms with Crippen molar-refractivity contribution in [3.8, 4) is 0 Å². The number of amides is 2. The molecule has 1 aromatic heterocycles. The van der Waals surface area contributed by atoms with Gasteiger partial charge in [-0.25, -0.2) is 4.39 Å². The zero-order valence-electron chi connectivity index (χ0n) is 19.3. The minimum absolute atomic E-state index is 0.00350. The second-order valence-electron chi connectivity index (χ2n) is 8.98. The van der Waals surface area contributed by atoms with E-state index < -0.39 is 0 Å². The third-order valence-electron chi connectivity index (χ3n) is 6.83. The third-order valence-corrected chi connectivity index (χ3v) is 8.32. The van der Waals surface area contributed by atoms with Gasteiger partial charge >= 0.3 is 0 Å². The molecule has 0 unspecified atom stereocenters. The Kier molecular flexibility index (Phi) is 7.32. The fraction of sp³-hybridized carbons (Fsp3) is 0.333. The molecule has 35 heavy (non-hydrogen) atoms. The van der Waals surface area contributed by atoms with Crippen molar-refractivity contribution < 1.29 is 14.0 Å². The van der Waals surface area contributed by atoms with E-state index in [-0.39, 0.29) is 23.7 Å². The number of nitrogens with zero attached hydrogens (tertiary/aromatic N) is 3. The van der Waals surface area contributed by atoms with E-state index in [2.05, 4.69) is 32.3 Å². The zero-order chi connectivity index (χ0) is 24.4. The van der Waals surface area contributed by atoms with E-state index in [0.717, 1.165) is 23.0 Å². The summed E-state index contributed by atoms with van der Waals surface area (Å²) in [6.45, 7) is 3.61. The predicted octanol–water partition coefficient (Wildman–Crippen LogP) is 4.97. The largest absolute Gasteiger partial charge is 0.339 e. The Hall–Kier alpha value is -2.55. The van der Waals surface area contributed by atoms with Crippen molar-refractivity contribution in [2.45, 2.75) is 18.9 Å². The Bertz CT molecular complexity index is 1220. The summed E-state index contributed by atoms with van der Waals surface area (Å²) in [5.74, 6) is -0.138. The molecule has 5 rings (SSSR count). The van der Waals surface area contributed by atoms with Crippen LogP contribution in [0.25, 0.3) is 0 Å². The van der Waals surface area contributed by atoms with Gasteiger partial charge in [-0.2, -0.15) is 0 Å². The number of hydrogen-bond acceptors (Lipinski definition) is 4. The molecule has 1 saturated heterocycles. The van der Waals surface area contributed by atoms with Crippen LogP contribution in [0.2, 0.25) is 0 Å². The maximum absolute atomic E-state index is 14.0. The molecular formula is C27H27BrFN3O2S. The number of fused-ring (bicyclic) bond motifs is 1. The van der Waals surface area contributed by atoms with Crippen LogP contribution < -0.4 is 0 Å². The molecule has 2 aliphatic rings. The minimum Gasteiger partial charge on any atom is -0.339 e. The molecular weight excluding hydrogens is 529 g/mol. The van der Waals surface area contributed by atoms with E-state index in [1.807, 2.05) is 40.1 Å². The topological polar surface area (TPSA) is 43.9 Å². The number of carbonyl (C=O) groups excluding carboxylic acids is 2. The van der Waals surface area contributed by atoms with Gasteiger partial charge in [-0.15, -0.1) is 11.3 Å². The minimum atomic E-state index is -0.240. The maximum atomic E-state index is 14.0. The fourth-order valence-electron chi connectivity index (χ4n) is 5.04. The Morgan fingerprint density at radius 2 is 1.74 bits per heavy atom. The molecule has 0 aliphatic carbocycles. The Labute approximate surface area is 217 Å². The lowest BCUT2D eigenvalue weighted by Crippen LogP contribution is -2.51. The molecule has 0 N–H and O–H groups in total. The van der Waals surface area contributed by atoms with Crippen LogP contribution in [-0.2, 0) is 11.2 Å². The number of rotatable bonds is 5. The molecule has 1 atom stereocenters. The molecule has 0 radical (unpaired) electrons. The van der Waals surface area contributed by atoms with Crippen LogP contribution in [-0.4, -0.2) is 65.8 Å². The summed E-state index contributed by atoms with van der Waals surface area (Å²) in [4.78, 5) is 33.2. The Morgan fingerprint density at radius 3 is 2.51 bits per heavy atom. The van der Waals surface area contributed by atoms with E-state index in [1.54, 1.807) is 23.5 Å². The summed E-state index contributed by atoms with van der Waals surface area (Å²) in [7, 11) is 0. The molecule has 182 valence electrons. The van der Waals surface area contributed by atoms with Gasteiger partial charge in [-0.1, -0.05) is 34.1 Å². The van der Waals surface area contributed by atoms with E-state index in [9.17, 15) is 14.0 Å². The molecule has 0 spiro atoms. The highest BCUT2D eigenvalue weighted by Gasteiger charge is 2.31. The lowest BCUT2D eigenvalue weighted by Gasteiger charge is -2.38. The van der Waals surface area contributed by atoms with Crippen molar-refractivity contribution >= 4 is 39.1 Å². The van der Waals surface area contributed by atoms with Gasteiger partial charge in [0.05, 0.1) is 6.04 Å². The van der Waals surface area contributed by atoms with Gasteiger partial charge in [0.25, 0.3) is 5.91 Å². The smallest absolute Gasteiger partial charge is 0.254 e. The molecule has 2 aliphatic heterocycles. The van der Waals surface area contributed by atoms with Crippen molar-refractivity contribution in [1.29, 1.82) is 0 Å². The van der Waals surface area contributed by atoms with E-state index in [1.165, 1.54) is 16.5 Å². The summed E-state index contributed by atoms with van der Waals surface area (Å²) in [6, 6.07) is 16.3. The number of carbonyl (C=O) groups is 2. The molecule has 1 fully saturated rings. The highest BCUT2D eigenvalue weighted by molar-refractivity contribution is 9.10. The third kappa shape index (κ3) is 5.34. The summed E-state index contributed by atoms with van der Waals surface area (Å²) in [5.41, 5.74) is 2.80. The highest BCUT2D eigenvalue weighted by atomic mass is 79.9. The quantitative estimate of drug-likeness (QED) is 0.446. The van der Waals surface area contributed by atoms with Crippen molar-refractivity contribution in [2.75, 3.05) is 39.3 Å². The zero-order valence-corrected chi connectivity index (χ0v) is 21.7. The van der Waals surface area contributed by atoms with E-state index in [0.29, 0.717) is 44.7 Å². The summed E-state index contributed by atoms with van der Waals surface area (Å²) in [5, 5.41) is 2.10. The van der Waals surface area contributed by atoms with Crippen LogP contribution in [0.5, 0.6) is 0 Å². The van der Waals surface area contributed by atoms with Crippen LogP contribution in [0.15, 0.2) is 64.5 Å². The number of thiophene rings is 1. The van der Waals surface area contributed by atoms with Gasteiger partial charge in [-0.05, 0) is 59.3 Å². The SMILES string of the molecule is O=C(CCN1CCc2sccc2[C@H]1c1cccc(F)c1)N1CCN(C(=O)c2cccc(Br)c2)CC1. The van der Waals surface area contributed by atoms with Gasteiger partial charge in [0.2, 0.25) is 5.91 Å². The molecule has 3 heterocycles. The fourth-order valence-corrected chi connectivity index (χ4v) is 6.34. The van der Waals surface area contributed by atoms with Crippen LogP contribution >= 0.6 is 27.3 Å². The summed E-state index contributed by atoms with van der Waals surface area (Å²) in [6.07, 6.45) is 1.36. The lowest BCUT2D eigenvalue weighted by atomic mass is 9.93. The lowest BCUT2D eigenvalue weighted by molar-refractivity contribution is -0.133. The molecule has 2 amide bonds. The molecule has 3 aromatic rings. The second-order valence-corrected chi connectivity index (χ2v) is 10.9. The molecule has 5 nitrogen and oxygen atoms in total. The number of piperazine rings is 1. The standard InChI is InChI=1S/C27H27BrFN3O2S/c28-21-5-1-4-20(17-21)27(34)32-14-12-30(13-15-32)25(33)8-11-31-10-7-24-23(9-16-35-24)26(31)19-3-2-6-22(29)18-19/h1-6,9,16-18,26H,7-8,10-15H2/t26-/m1/s1. The van der Waals surface area contributed by atoms with Gasteiger partial charge < -0.3 is 9.80 Å². The average Bonchev–Trinajstić information content (AvgIpc) is 3.35. The summed E-state index contributed by atoms with van der Waals surface area (Å²) >= 11 is 5.17. The van der Waals surface area contributed by atoms with Crippen LogP contribution in [0, 0.1) is 5.82 Å². The van der Waals surface area contributed by atoms with Crippen LogP contribution in [0.3, 0.4) is 0 Å². The van der Waals surface area contributed by atoms with Crippen molar-refractivity contribution in [3.05, 3.63) is 91.8 Å². The Morgan fingerprint density at radius 1 is 0.971 bits per heavy atom. The first-order valence-electron chi connectivity index (χ1n) is 11.9. The van der Waals surface area contributed by atoms with E-state index >= 15 is 0 Å². The number of halogens is 2. The molecule has 0 saturated carbocycles. The van der Waals surface area contributed by atoms with Crippen molar-refractivity contribution in [2.24, 2.45) is 0 Å². The van der Waals surface area contributed by atoms with Gasteiger partial charge in [0.1, 0.15) is 5.82 Å². The summed E-state index contributed by atoms with van der Waals surface area (Å²) < 4.78 is 14.9. The first-order valence-corrected chi connectivity index (χ1v) is 13.6. The van der Waals surface area contributed by atoms with Gasteiger partial charge in [-0.3, -0.25) is 14.5 Å². The maximum Gasteiger partial charge on any atom is 0.254 e. The predicted molar refractivity (Wildman–Crippen MR) is 139 cm³/mol. The highest BCUT2D eigenvalue weighted by Crippen LogP contribution is 2.38.